The van der Waals surface area contributed by atoms with Crippen molar-refractivity contribution in [2.75, 3.05) is 26.2 Å². The highest BCUT2D eigenvalue weighted by Gasteiger charge is 2.74. The van der Waals surface area contributed by atoms with E-state index in [1.165, 1.54) is 4.90 Å². The van der Waals surface area contributed by atoms with Gasteiger partial charge in [-0.3, -0.25) is 19.2 Å². The summed E-state index contributed by atoms with van der Waals surface area (Å²) in [5.74, 6) is -3.23. The number of aliphatic hydroxyl groups is 1. The number of rotatable bonds is 6. The van der Waals surface area contributed by atoms with Crippen molar-refractivity contribution in [2.45, 2.75) is 82.8 Å². The summed E-state index contributed by atoms with van der Waals surface area (Å²) in [6, 6.07) is -1.09. The number of nitrogens with zero attached hydrogens (tertiary/aromatic N) is 2. The van der Waals surface area contributed by atoms with Crippen molar-refractivity contribution in [1.82, 2.24) is 15.1 Å². The summed E-state index contributed by atoms with van der Waals surface area (Å²) in [7, 11) is 0. The van der Waals surface area contributed by atoms with Crippen molar-refractivity contribution in [1.29, 1.82) is 0 Å². The Morgan fingerprint density at radius 1 is 1.24 bits per heavy atom. The van der Waals surface area contributed by atoms with E-state index in [0.717, 1.165) is 12.8 Å². The molecule has 0 aromatic carbocycles. The van der Waals surface area contributed by atoms with Crippen molar-refractivity contribution >= 4 is 39.6 Å². The molecule has 4 rings (SSSR count). The van der Waals surface area contributed by atoms with Gasteiger partial charge in [0.05, 0.1) is 12.5 Å². The molecular weight excluding hydrogens is 558 g/mol. The molecule has 2 saturated heterocycles. The highest BCUT2D eigenvalue weighted by molar-refractivity contribution is 9.11. The summed E-state index contributed by atoms with van der Waals surface area (Å²) >= 11 is 3.53. The Morgan fingerprint density at radius 3 is 2.71 bits per heavy atom. The van der Waals surface area contributed by atoms with Gasteiger partial charge in [-0.05, 0) is 39.2 Å². The Hall–Kier alpha value is -2.24. The van der Waals surface area contributed by atoms with E-state index < -0.39 is 41.7 Å². The molecule has 210 valence electrons. The first kappa shape index (κ1) is 28.8. The van der Waals surface area contributed by atoms with E-state index in [1.54, 1.807) is 17.9 Å². The highest BCUT2D eigenvalue weighted by atomic mass is 79.9. The summed E-state index contributed by atoms with van der Waals surface area (Å²) in [6.07, 6.45) is 6.91. The molecule has 0 aromatic rings. The molecule has 11 heteroatoms. The van der Waals surface area contributed by atoms with E-state index >= 15 is 0 Å². The lowest BCUT2D eigenvalue weighted by Crippen LogP contribution is -2.57. The van der Waals surface area contributed by atoms with Crippen LogP contribution in [0.25, 0.3) is 0 Å². The van der Waals surface area contributed by atoms with Crippen LogP contribution in [0.1, 0.15) is 52.9 Å². The second-order valence-electron chi connectivity index (χ2n) is 10.6. The van der Waals surface area contributed by atoms with Gasteiger partial charge in [0.2, 0.25) is 17.7 Å². The molecule has 5 bridgehead atoms. The van der Waals surface area contributed by atoms with Crippen LogP contribution in [0, 0.1) is 11.8 Å². The summed E-state index contributed by atoms with van der Waals surface area (Å²) in [4.78, 5) is 57.3. The number of halogens is 1. The minimum absolute atomic E-state index is 0.111. The molecule has 1 unspecified atom stereocenters. The number of esters is 1. The van der Waals surface area contributed by atoms with Crippen molar-refractivity contribution in [2.24, 2.45) is 11.8 Å². The molecule has 4 heterocycles. The number of cyclic esters (lactones) is 1. The Balaban J connectivity index is 1.79. The number of hydrogen-bond acceptors (Lipinski definition) is 7. The third-order valence-corrected chi connectivity index (χ3v) is 8.60. The quantitative estimate of drug-likeness (QED) is 0.353. The number of amides is 3. The minimum atomic E-state index is -1.32. The van der Waals surface area contributed by atoms with E-state index in [9.17, 15) is 24.3 Å². The molecule has 38 heavy (non-hydrogen) atoms. The summed E-state index contributed by atoms with van der Waals surface area (Å²) < 4.78 is 12.7. The van der Waals surface area contributed by atoms with Gasteiger partial charge in [0.1, 0.15) is 29.8 Å². The van der Waals surface area contributed by atoms with Crippen LogP contribution >= 0.6 is 15.9 Å². The smallest absolute Gasteiger partial charge is 0.313 e. The SMILES string of the molecule is CCCC(C)N1C/C=C\CCC(=O)NC[C@H](C)OC(=O)[C@H]2[C@@H]3O[C@@]4(C=C3Br)[C@@H]2C(=O)N(CCCO)[C@@H]4C1=O. The van der Waals surface area contributed by atoms with Crippen LogP contribution in [-0.2, 0) is 28.7 Å². The predicted molar refractivity (Wildman–Crippen MR) is 142 cm³/mol. The Bertz CT molecular complexity index is 1020. The number of allylic oxidation sites excluding steroid dienone is 1. The van der Waals surface area contributed by atoms with Crippen molar-refractivity contribution in [3.05, 3.63) is 22.7 Å². The molecule has 1 spiro atoms. The van der Waals surface area contributed by atoms with Crippen LogP contribution in [0.4, 0.5) is 0 Å². The van der Waals surface area contributed by atoms with Crippen LogP contribution in [0.5, 0.6) is 0 Å². The first-order valence-electron chi connectivity index (χ1n) is 13.6. The molecule has 2 N–H and O–H groups in total. The van der Waals surface area contributed by atoms with Crippen LogP contribution in [0.3, 0.4) is 0 Å². The summed E-state index contributed by atoms with van der Waals surface area (Å²) in [6.45, 7) is 6.21. The van der Waals surface area contributed by atoms with Crippen molar-refractivity contribution in [3.63, 3.8) is 0 Å². The summed E-state index contributed by atoms with van der Waals surface area (Å²) in [5.41, 5.74) is -1.32. The first-order chi connectivity index (χ1) is 18.2. The molecule has 3 amide bonds. The third kappa shape index (κ3) is 5.16. The average Bonchev–Trinajstić information content (AvgIpc) is 3.46. The van der Waals surface area contributed by atoms with Crippen molar-refractivity contribution < 1.29 is 33.8 Å². The lowest BCUT2D eigenvalue weighted by Gasteiger charge is -2.38. The average molecular weight is 597 g/mol. The standard InChI is InChI=1S/C27H38BrN3O7/c1-4-9-16(2)30-11-7-5-6-10-19(33)29-15-17(3)37-26(36)20-21-24(34)31(12-8-13-32)23(25(30)35)27(21)14-18(28)22(20)38-27/h5,7,14,16-17,20-23,32H,4,6,8-13,15H2,1-3H3,(H,29,33)/b7-5-/t16?,17-,20+,21-,22+,23+,27-/m0/s1. The van der Waals surface area contributed by atoms with Gasteiger partial charge in [-0.2, -0.15) is 0 Å². The third-order valence-electron chi connectivity index (χ3n) is 7.92. The zero-order valence-electron chi connectivity index (χ0n) is 22.2. The van der Waals surface area contributed by atoms with Gasteiger partial charge < -0.3 is 29.7 Å². The number of carbonyl (C=O) groups is 4. The number of likely N-dealkylation sites (tertiary alicyclic amines) is 1. The van der Waals surface area contributed by atoms with E-state index in [0.29, 0.717) is 23.9 Å². The van der Waals surface area contributed by atoms with Crippen LogP contribution < -0.4 is 5.32 Å². The lowest BCUT2D eigenvalue weighted by molar-refractivity contribution is -0.158. The maximum absolute atomic E-state index is 14.4. The van der Waals surface area contributed by atoms with Gasteiger partial charge in [0.25, 0.3) is 0 Å². The second kappa shape index (κ2) is 11.9. The van der Waals surface area contributed by atoms with Gasteiger partial charge in [0, 0.05) is 36.6 Å². The number of aliphatic hydroxyl groups excluding tert-OH is 1. The lowest BCUT2D eigenvalue weighted by atomic mass is 9.74. The molecule has 0 aliphatic carbocycles. The van der Waals surface area contributed by atoms with Gasteiger partial charge in [-0.25, -0.2) is 0 Å². The largest absolute Gasteiger partial charge is 0.460 e. The van der Waals surface area contributed by atoms with E-state index in [-0.39, 0.29) is 49.9 Å². The number of ether oxygens (including phenoxy) is 2. The predicted octanol–water partition coefficient (Wildman–Crippen LogP) is 1.66. The first-order valence-corrected chi connectivity index (χ1v) is 14.4. The van der Waals surface area contributed by atoms with Gasteiger partial charge in [0.15, 0.2) is 0 Å². The zero-order chi connectivity index (χ0) is 27.6. The highest BCUT2D eigenvalue weighted by Crippen LogP contribution is 2.59. The summed E-state index contributed by atoms with van der Waals surface area (Å²) in [5, 5.41) is 12.3. The van der Waals surface area contributed by atoms with Gasteiger partial charge >= 0.3 is 5.97 Å². The maximum Gasteiger partial charge on any atom is 0.313 e. The van der Waals surface area contributed by atoms with Crippen LogP contribution in [0.2, 0.25) is 0 Å². The molecule has 7 atom stereocenters. The maximum atomic E-state index is 14.4. The Morgan fingerprint density at radius 2 is 2.00 bits per heavy atom. The van der Waals surface area contributed by atoms with E-state index in [2.05, 4.69) is 28.2 Å². The number of nitrogens with one attached hydrogen (secondary N) is 1. The monoisotopic (exact) mass is 595 g/mol. The van der Waals surface area contributed by atoms with Gasteiger partial charge in [-0.1, -0.05) is 41.4 Å². The molecule has 0 saturated carbocycles. The molecule has 4 aliphatic heterocycles. The van der Waals surface area contributed by atoms with E-state index in [1.807, 2.05) is 19.1 Å². The Labute approximate surface area is 231 Å². The fourth-order valence-corrected chi connectivity index (χ4v) is 6.89. The second-order valence-corrected chi connectivity index (χ2v) is 11.5. The Kier molecular flexibility index (Phi) is 8.99. The molecule has 0 aromatic heterocycles. The van der Waals surface area contributed by atoms with Crippen molar-refractivity contribution in [3.8, 4) is 0 Å². The minimum Gasteiger partial charge on any atom is -0.460 e. The number of carbonyl (C=O) groups excluding carboxylic acids is 4. The fourth-order valence-electron chi connectivity index (χ4n) is 6.15. The number of hydrogen-bond donors (Lipinski definition) is 2. The van der Waals surface area contributed by atoms with Crippen LogP contribution in [-0.4, -0.2) is 94.7 Å². The normalized spacial score (nSPS) is 35.6. The zero-order valence-corrected chi connectivity index (χ0v) is 23.8. The molecule has 0 radical (unpaired) electrons. The molecule has 10 nitrogen and oxygen atoms in total. The van der Waals surface area contributed by atoms with E-state index in [4.69, 9.17) is 9.47 Å². The van der Waals surface area contributed by atoms with Gasteiger partial charge in [-0.15, -0.1) is 0 Å². The topological polar surface area (TPSA) is 125 Å². The number of fused-ring (bicyclic) bond motifs is 2. The van der Waals surface area contributed by atoms with Crippen LogP contribution in [0.15, 0.2) is 22.7 Å². The molecule has 2 fully saturated rings. The fraction of sp³-hybridized carbons (Fsp3) is 0.704. The molecule has 4 aliphatic rings. The molecular formula is C27H38BrN3O7.